The van der Waals surface area contributed by atoms with E-state index in [2.05, 4.69) is 0 Å². The lowest BCUT2D eigenvalue weighted by Gasteiger charge is -2.07. The largest absolute Gasteiger partial charge is 0.491 e. The second-order valence-corrected chi connectivity index (χ2v) is 3.44. The van der Waals surface area contributed by atoms with Crippen LogP contribution in [0.4, 0.5) is 0 Å². The first-order chi connectivity index (χ1) is 8.81. The van der Waals surface area contributed by atoms with Crippen molar-refractivity contribution in [1.82, 2.24) is 0 Å². The molecule has 0 spiro atoms. The van der Waals surface area contributed by atoms with Gasteiger partial charge in [-0.3, -0.25) is 9.59 Å². The third kappa shape index (κ3) is 4.47. The first-order valence-corrected chi connectivity index (χ1v) is 5.50. The smallest absolute Gasteiger partial charge is 0.150 e. The van der Waals surface area contributed by atoms with E-state index in [1.165, 1.54) is 12.1 Å². The minimum Gasteiger partial charge on any atom is -0.491 e. The summed E-state index contributed by atoms with van der Waals surface area (Å²) in [7, 11) is 0. The molecule has 0 bridgehead atoms. The Morgan fingerprint density at radius 2 is 1.72 bits per heavy atom. The van der Waals surface area contributed by atoms with E-state index in [1.54, 1.807) is 6.07 Å². The van der Waals surface area contributed by atoms with Gasteiger partial charge in [0.15, 0.2) is 12.6 Å². The van der Waals surface area contributed by atoms with E-state index in [9.17, 15) is 14.4 Å². The van der Waals surface area contributed by atoms with Gasteiger partial charge in [0.25, 0.3) is 0 Å². The number of ether oxygens (including phenoxy) is 2. The minimum absolute atomic E-state index is 0.296. The molecule has 0 aliphatic carbocycles. The summed E-state index contributed by atoms with van der Waals surface area (Å²) < 4.78 is 10.5. The lowest BCUT2D eigenvalue weighted by Crippen LogP contribution is -2.08. The highest BCUT2D eigenvalue weighted by Gasteiger charge is 2.03. The maximum atomic E-state index is 10.7. The number of hydrogen-bond acceptors (Lipinski definition) is 5. The van der Waals surface area contributed by atoms with Gasteiger partial charge in [-0.1, -0.05) is 0 Å². The van der Waals surface area contributed by atoms with Gasteiger partial charge in [0.1, 0.15) is 18.6 Å². The lowest BCUT2D eigenvalue weighted by atomic mass is 10.1. The molecule has 1 aromatic rings. The summed E-state index contributed by atoms with van der Waals surface area (Å²) in [6.45, 7) is 1.05. The highest BCUT2D eigenvalue weighted by molar-refractivity contribution is 5.90. The summed E-state index contributed by atoms with van der Waals surface area (Å²) >= 11 is 0. The van der Waals surface area contributed by atoms with Gasteiger partial charge >= 0.3 is 0 Å². The molecular weight excluding hydrogens is 236 g/mol. The van der Waals surface area contributed by atoms with Crippen LogP contribution < -0.4 is 4.74 Å². The van der Waals surface area contributed by atoms with E-state index in [0.29, 0.717) is 55.7 Å². The van der Waals surface area contributed by atoms with Crippen LogP contribution in [0.2, 0.25) is 0 Å². The number of benzene rings is 1. The van der Waals surface area contributed by atoms with Crippen molar-refractivity contribution in [3.05, 3.63) is 29.3 Å². The molecule has 0 amide bonds. The van der Waals surface area contributed by atoms with Crippen LogP contribution in [0.3, 0.4) is 0 Å². The summed E-state index contributed by atoms with van der Waals surface area (Å²) in [5, 5.41) is 0. The zero-order valence-corrected chi connectivity index (χ0v) is 9.83. The average molecular weight is 250 g/mol. The molecule has 1 rings (SSSR count). The summed E-state index contributed by atoms with van der Waals surface area (Å²) in [4.78, 5) is 31.3. The highest BCUT2D eigenvalue weighted by Crippen LogP contribution is 2.15. The van der Waals surface area contributed by atoms with Crippen LogP contribution in [0.25, 0.3) is 0 Å². The van der Waals surface area contributed by atoms with Crippen LogP contribution in [-0.2, 0) is 9.53 Å². The van der Waals surface area contributed by atoms with Crippen molar-refractivity contribution in [2.45, 2.75) is 6.42 Å². The Balaban J connectivity index is 2.40. The molecule has 0 aliphatic heterocycles. The predicted octanol–water partition coefficient (Wildman–Crippen LogP) is 1.30. The van der Waals surface area contributed by atoms with Crippen LogP contribution in [0.5, 0.6) is 5.75 Å². The minimum atomic E-state index is 0.296. The second-order valence-electron chi connectivity index (χ2n) is 3.44. The van der Waals surface area contributed by atoms with Gasteiger partial charge in [-0.05, 0) is 18.2 Å². The summed E-state index contributed by atoms with van der Waals surface area (Å²) in [6.07, 6.45) is 2.38. The number of aldehydes is 3. The number of rotatable bonds is 9. The Bertz CT molecular complexity index is 414. The molecule has 0 unspecified atom stereocenters. The van der Waals surface area contributed by atoms with Crippen molar-refractivity contribution in [2.75, 3.05) is 19.8 Å². The molecule has 0 saturated heterocycles. The van der Waals surface area contributed by atoms with Gasteiger partial charge in [0.05, 0.1) is 13.2 Å². The van der Waals surface area contributed by atoms with E-state index >= 15 is 0 Å². The molecule has 0 N–H and O–H groups in total. The lowest BCUT2D eigenvalue weighted by molar-refractivity contribution is -0.108. The molecule has 0 heterocycles. The zero-order chi connectivity index (χ0) is 13.2. The van der Waals surface area contributed by atoms with Crippen molar-refractivity contribution >= 4 is 18.9 Å². The van der Waals surface area contributed by atoms with Crippen molar-refractivity contribution in [3.63, 3.8) is 0 Å². The molecule has 5 nitrogen and oxygen atoms in total. The van der Waals surface area contributed by atoms with E-state index in [1.807, 2.05) is 0 Å². The van der Waals surface area contributed by atoms with Crippen LogP contribution in [0.15, 0.2) is 18.2 Å². The molecule has 0 saturated carbocycles. The Hall–Kier alpha value is -2.01. The third-order valence-electron chi connectivity index (χ3n) is 2.19. The maximum absolute atomic E-state index is 10.7. The molecule has 18 heavy (non-hydrogen) atoms. The van der Waals surface area contributed by atoms with Crippen molar-refractivity contribution in [3.8, 4) is 5.75 Å². The van der Waals surface area contributed by atoms with E-state index in [-0.39, 0.29) is 0 Å². The Kier molecular flexibility index (Phi) is 6.35. The van der Waals surface area contributed by atoms with Crippen LogP contribution in [0, 0.1) is 0 Å². The Morgan fingerprint density at radius 1 is 0.944 bits per heavy atom. The van der Waals surface area contributed by atoms with Crippen molar-refractivity contribution < 1.29 is 23.9 Å². The topological polar surface area (TPSA) is 69.7 Å². The number of hydrogen-bond donors (Lipinski definition) is 0. The molecule has 0 radical (unpaired) electrons. The molecule has 96 valence electrons. The monoisotopic (exact) mass is 250 g/mol. The summed E-state index contributed by atoms with van der Waals surface area (Å²) in [5.74, 6) is 0.502. The number of carbonyl (C=O) groups excluding carboxylic acids is 3. The predicted molar refractivity (Wildman–Crippen MR) is 64.2 cm³/mol. The van der Waals surface area contributed by atoms with E-state index < -0.39 is 0 Å². The van der Waals surface area contributed by atoms with E-state index in [0.717, 1.165) is 6.29 Å². The SMILES string of the molecule is O=CCCOCCOc1ccc(C=O)c(C=O)c1. The van der Waals surface area contributed by atoms with Gasteiger partial charge in [0.2, 0.25) is 0 Å². The Labute approximate surface area is 105 Å². The molecule has 5 heteroatoms. The first kappa shape index (κ1) is 14.1. The molecule has 0 aliphatic rings. The summed E-state index contributed by atoms with van der Waals surface area (Å²) in [5.41, 5.74) is 0.629. The second kappa shape index (κ2) is 8.14. The quantitative estimate of drug-likeness (QED) is 0.488. The summed E-state index contributed by atoms with van der Waals surface area (Å²) in [6, 6.07) is 4.64. The van der Waals surface area contributed by atoms with Crippen LogP contribution in [0.1, 0.15) is 27.1 Å². The van der Waals surface area contributed by atoms with Crippen LogP contribution >= 0.6 is 0 Å². The Morgan fingerprint density at radius 3 is 2.39 bits per heavy atom. The van der Waals surface area contributed by atoms with Crippen molar-refractivity contribution in [1.29, 1.82) is 0 Å². The fourth-order valence-corrected chi connectivity index (χ4v) is 1.30. The van der Waals surface area contributed by atoms with Gasteiger partial charge in [-0.25, -0.2) is 0 Å². The normalized spacial score (nSPS) is 9.78. The maximum Gasteiger partial charge on any atom is 0.150 e. The standard InChI is InChI=1S/C13H14O5/c14-4-1-5-17-6-7-18-13-3-2-11(9-15)12(8-13)10-16/h2-4,8-10H,1,5-7H2. The van der Waals surface area contributed by atoms with Gasteiger partial charge in [0, 0.05) is 17.5 Å². The fourth-order valence-electron chi connectivity index (χ4n) is 1.30. The zero-order valence-electron chi connectivity index (χ0n) is 9.83. The fraction of sp³-hybridized carbons (Fsp3) is 0.308. The van der Waals surface area contributed by atoms with Crippen molar-refractivity contribution in [2.24, 2.45) is 0 Å². The molecule has 0 aromatic heterocycles. The van der Waals surface area contributed by atoms with Gasteiger partial charge < -0.3 is 14.3 Å². The first-order valence-electron chi connectivity index (χ1n) is 5.50. The highest BCUT2D eigenvalue weighted by atomic mass is 16.5. The van der Waals surface area contributed by atoms with Crippen LogP contribution in [-0.4, -0.2) is 38.7 Å². The molecule has 0 fully saturated rings. The third-order valence-corrected chi connectivity index (χ3v) is 2.19. The molecular formula is C13H14O5. The van der Waals surface area contributed by atoms with E-state index in [4.69, 9.17) is 9.47 Å². The average Bonchev–Trinajstić information content (AvgIpc) is 2.42. The molecule has 0 atom stereocenters. The molecule has 1 aromatic carbocycles. The number of carbonyl (C=O) groups is 3. The van der Waals surface area contributed by atoms with Gasteiger partial charge in [-0.2, -0.15) is 0 Å². The van der Waals surface area contributed by atoms with Gasteiger partial charge in [-0.15, -0.1) is 0 Å².